The van der Waals surface area contributed by atoms with Crippen molar-refractivity contribution in [1.82, 2.24) is 10.6 Å². The molecule has 0 radical (unpaired) electrons. The van der Waals surface area contributed by atoms with Gasteiger partial charge in [-0.1, -0.05) is 60.5 Å². The minimum Gasteiger partial charge on any atom is -0.352 e. The summed E-state index contributed by atoms with van der Waals surface area (Å²) in [4.78, 5) is 13.3. The molecule has 4 atom stereocenters. The maximum atomic E-state index is 13.3. The van der Waals surface area contributed by atoms with E-state index in [0.29, 0.717) is 12.3 Å². The maximum absolute atomic E-state index is 13.3. The Hall–Kier alpha value is -1.81. The third-order valence-electron chi connectivity index (χ3n) is 7.51. The normalized spacial score (nSPS) is 27.4. The smallest absolute Gasteiger partial charge is 0.226 e. The van der Waals surface area contributed by atoms with E-state index in [9.17, 15) is 4.79 Å². The number of halogens is 2. The van der Waals surface area contributed by atoms with E-state index < -0.39 is 5.41 Å². The van der Waals surface area contributed by atoms with Crippen LogP contribution in [0.25, 0.3) is 0 Å². The van der Waals surface area contributed by atoms with Crippen LogP contribution in [0.2, 0.25) is 10.0 Å². The molecule has 1 aliphatic heterocycles. The lowest BCUT2D eigenvalue weighted by atomic mass is 9.66. The van der Waals surface area contributed by atoms with E-state index in [2.05, 4.69) is 35.4 Å². The van der Waals surface area contributed by atoms with Gasteiger partial charge in [0.1, 0.15) is 0 Å². The summed E-state index contributed by atoms with van der Waals surface area (Å²) >= 11 is 12.6. The molecule has 5 heteroatoms. The van der Waals surface area contributed by atoms with Gasteiger partial charge in [-0.25, -0.2) is 0 Å². The van der Waals surface area contributed by atoms with Crippen LogP contribution in [0.4, 0.5) is 0 Å². The first kappa shape index (κ1) is 23.4. The number of hydrogen-bond acceptors (Lipinski definition) is 2. The number of carbonyl (C=O) groups is 1. The van der Waals surface area contributed by atoms with Gasteiger partial charge in [-0.2, -0.15) is 0 Å². The Kier molecular flexibility index (Phi) is 6.72. The van der Waals surface area contributed by atoms with E-state index in [-0.39, 0.29) is 23.4 Å². The highest BCUT2D eigenvalue weighted by atomic mass is 35.5. The minimum absolute atomic E-state index is 0.0115. The molecule has 2 N–H and O–H groups in total. The van der Waals surface area contributed by atoms with Crippen LogP contribution in [0, 0.1) is 11.3 Å². The van der Waals surface area contributed by atoms with E-state index in [1.165, 1.54) is 24.0 Å². The monoisotopic (exact) mass is 470 g/mol. The predicted octanol–water partition coefficient (Wildman–Crippen LogP) is 6.46. The van der Waals surface area contributed by atoms with Gasteiger partial charge < -0.3 is 10.6 Å². The molecule has 2 fully saturated rings. The van der Waals surface area contributed by atoms with Gasteiger partial charge in [0.05, 0.1) is 5.41 Å². The molecule has 1 saturated heterocycles. The van der Waals surface area contributed by atoms with Crippen LogP contribution in [0.1, 0.15) is 56.1 Å². The first-order valence-corrected chi connectivity index (χ1v) is 12.2. The zero-order valence-electron chi connectivity index (χ0n) is 18.8. The molecule has 32 heavy (non-hydrogen) atoms. The largest absolute Gasteiger partial charge is 0.352 e. The second-order valence-electron chi connectivity index (χ2n) is 9.71. The summed E-state index contributed by atoms with van der Waals surface area (Å²) in [5, 5.41) is 8.54. The molecule has 3 nitrogen and oxygen atoms in total. The Balaban J connectivity index is 1.73. The lowest BCUT2D eigenvalue weighted by Crippen LogP contribution is -2.57. The zero-order valence-corrected chi connectivity index (χ0v) is 20.3. The van der Waals surface area contributed by atoms with Crippen LogP contribution in [0.15, 0.2) is 61.2 Å². The number of allylic oxidation sites excluding steroid dienone is 1. The molecule has 2 aromatic carbocycles. The van der Waals surface area contributed by atoms with Crippen LogP contribution in [0.5, 0.6) is 0 Å². The number of piperidine rings is 1. The van der Waals surface area contributed by atoms with Crippen molar-refractivity contribution in [2.45, 2.75) is 56.5 Å². The van der Waals surface area contributed by atoms with E-state index in [0.717, 1.165) is 22.9 Å². The fourth-order valence-corrected chi connectivity index (χ4v) is 5.90. The molecule has 1 saturated carbocycles. The molecule has 2 aliphatic rings. The SMILES string of the molecule is C=CC[C@@]1(C)C[C@H](c2cccc(Cl)c2)[C@H](C[C@](NC)(c2ccc(Cl)cc2)C2CC2)NC1=O. The quantitative estimate of drug-likeness (QED) is 0.434. The summed E-state index contributed by atoms with van der Waals surface area (Å²) in [5.74, 6) is 0.805. The summed E-state index contributed by atoms with van der Waals surface area (Å²) in [6, 6.07) is 16.2. The topological polar surface area (TPSA) is 41.1 Å². The van der Waals surface area contributed by atoms with Gasteiger partial charge >= 0.3 is 0 Å². The summed E-state index contributed by atoms with van der Waals surface area (Å²) < 4.78 is 0. The molecule has 1 heterocycles. The molecular weight excluding hydrogens is 439 g/mol. The first-order valence-electron chi connectivity index (χ1n) is 11.4. The van der Waals surface area contributed by atoms with Gasteiger partial charge in [-0.3, -0.25) is 4.79 Å². The lowest BCUT2D eigenvalue weighted by molar-refractivity contribution is -0.135. The summed E-state index contributed by atoms with van der Waals surface area (Å²) in [7, 11) is 2.04. The minimum atomic E-state index is -0.479. The molecule has 0 bridgehead atoms. The third-order valence-corrected chi connectivity index (χ3v) is 8.00. The maximum Gasteiger partial charge on any atom is 0.226 e. The predicted molar refractivity (Wildman–Crippen MR) is 133 cm³/mol. The van der Waals surface area contributed by atoms with Gasteiger partial charge in [0.15, 0.2) is 0 Å². The Morgan fingerprint density at radius 2 is 1.91 bits per heavy atom. The van der Waals surface area contributed by atoms with Crippen molar-refractivity contribution in [3.63, 3.8) is 0 Å². The Labute approximate surface area is 201 Å². The fraction of sp³-hybridized carbons (Fsp3) is 0.444. The fourth-order valence-electron chi connectivity index (χ4n) is 5.58. The van der Waals surface area contributed by atoms with Crippen LogP contribution in [-0.4, -0.2) is 19.0 Å². The summed E-state index contributed by atoms with van der Waals surface area (Å²) in [6.45, 7) is 5.94. The number of nitrogens with one attached hydrogen (secondary N) is 2. The van der Waals surface area contributed by atoms with Gasteiger partial charge in [-0.15, -0.1) is 6.58 Å². The average Bonchev–Trinajstić information content (AvgIpc) is 3.61. The molecule has 1 aliphatic carbocycles. The Morgan fingerprint density at radius 3 is 2.50 bits per heavy atom. The third kappa shape index (κ3) is 4.48. The highest BCUT2D eigenvalue weighted by molar-refractivity contribution is 6.30. The van der Waals surface area contributed by atoms with Gasteiger partial charge in [0, 0.05) is 27.5 Å². The van der Waals surface area contributed by atoms with Gasteiger partial charge in [0.25, 0.3) is 0 Å². The van der Waals surface area contributed by atoms with Gasteiger partial charge in [0.2, 0.25) is 5.91 Å². The van der Waals surface area contributed by atoms with E-state index in [1.54, 1.807) is 0 Å². The number of amides is 1. The standard InChI is InChI=1S/C27H32Cl2N2O/c1-4-14-26(2)16-23(18-6-5-7-22(29)15-18)24(31-25(26)32)17-27(30-3,19-8-9-19)20-10-12-21(28)13-11-20/h4-7,10-13,15,19,23-24,30H,1,8-9,14,16-17H2,2-3H3,(H,31,32)/t23-,24+,26+,27-/m1/s1. The van der Waals surface area contributed by atoms with Gasteiger partial charge in [-0.05, 0) is 80.5 Å². The molecule has 2 aromatic rings. The zero-order chi connectivity index (χ0) is 22.9. The second-order valence-corrected chi connectivity index (χ2v) is 10.6. The van der Waals surface area contributed by atoms with E-state index in [4.69, 9.17) is 23.2 Å². The molecule has 0 spiro atoms. The average molecular weight is 471 g/mol. The lowest BCUT2D eigenvalue weighted by Gasteiger charge is -2.46. The highest BCUT2D eigenvalue weighted by Crippen LogP contribution is 2.51. The van der Waals surface area contributed by atoms with Crippen molar-refractivity contribution in [2.24, 2.45) is 11.3 Å². The van der Waals surface area contributed by atoms with Crippen molar-refractivity contribution >= 4 is 29.1 Å². The molecule has 170 valence electrons. The number of hydrogen-bond donors (Lipinski definition) is 2. The van der Waals surface area contributed by atoms with Crippen molar-refractivity contribution < 1.29 is 4.79 Å². The number of benzene rings is 2. The van der Waals surface area contributed by atoms with Crippen LogP contribution >= 0.6 is 23.2 Å². The molecule has 1 amide bonds. The second kappa shape index (κ2) is 9.21. The van der Waals surface area contributed by atoms with Crippen LogP contribution in [-0.2, 0) is 10.3 Å². The Morgan fingerprint density at radius 1 is 1.19 bits per heavy atom. The van der Waals surface area contributed by atoms with Crippen molar-refractivity contribution in [1.29, 1.82) is 0 Å². The molecular formula is C27H32Cl2N2O. The number of rotatable bonds is 8. The van der Waals surface area contributed by atoms with Crippen molar-refractivity contribution in [3.8, 4) is 0 Å². The van der Waals surface area contributed by atoms with Crippen LogP contribution < -0.4 is 10.6 Å². The van der Waals surface area contributed by atoms with Crippen molar-refractivity contribution in [2.75, 3.05) is 7.05 Å². The Bertz CT molecular complexity index is 987. The summed E-state index contributed by atoms with van der Waals surface area (Å²) in [5.41, 5.74) is 1.71. The summed E-state index contributed by atoms with van der Waals surface area (Å²) in [6.07, 6.45) is 6.44. The van der Waals surface area contributed by atoms with Crippen molar-refractivity contribution in [3.05, 3.63) is 82.4 Å². The first-order chi connectivity index (χ1) is 15.3. The molecule has 0 aromatic heterocycles. The molecule has 4 rings (SSSR count). The van der Waals surface area contributed by atoms with E-state index in [1.807, 2.05) is 50.4 Å². The van der Waals surface area contributed by atoms with Crippen LogP contribution in [0.3, 0.4) is 0 Å². The molecule has 0 unspecified atom stereocenters. The van der Waals surface area contributed by atoms with E-state index >= 15 is 0 Å². The number of carbonyl (C=O) groups excluding carboxylic acids is 1. The highest BCUT2D eigenvalue weighted by Gasteiger charge is 2.51.